The summed E-state index contributed by atoms with van der Waals surface area (Å²) < 4.78 is 7.01. The predicted molar refractivity (Wildman–Crippen MR) is 113 cm³/mol. The normalized spacial score (nSPS) is 12.8. The summed E-state index contributed by atoms with van der Waals surface area (Å²) in [6, 6.07) is 8.93. The van der Waals surface area contributed by atoms with Crippen LogP contribution in [0, 0.1) is 0 Å². The lowest BCUT2D eigenvalue weighted by Crippen LogP contribution is -2.25. The molecule has 144 valence electrons. The van der Waals surface area contributed by atoms with E-state index in [0.717, 1.165) is 22.9 Å². The number of hydrogen-bond acceptors (Lipinski definition) is 6. The first-order chi connectivity index (χ1) is 13.7. The molecule has 1 aromatic heterocycles. The number of nitrogens with two attached hydrogens (primary N) is 1. The Balaban J connectivity index is 2.01. The molecule has 2 aromatic carbocycles. The highest BCUT2D eigenvalue weighted by molar-refractivity contribution is 7.18. The first-order valence-electron chi connectivity index (χ1n) is 9.51. The Morgan fingerprint density at radius 3 is 2.46 bits per heavy atom. The summed E-state index contributed by atoms with van der Waals surface area (Å²) in [4.78, 5) is 26.8. The summed E-state index contributed by atoms with van der Waals surface area (Å²) in [6.45, 7) is 3.53. The molecule has 3 aromatic rings. The minimum absolute atomic E-state index is 0.152. The average Bonchev–Trinajstić information content (AvgIpc) is 3.20. The van der Waals surface area contributed by atoms with Crippen LogP contribution >= 0.6 is 11.3 Å². The van der Waals surface area contributed by atoms with E-state index >= 15 is 0 Å². The van der Waals surface area contributed by atoms with Gasteiger partial charge in [-0.15, -0.1) is 11.3 Å². The number of benzene rings is 2. The molecule has 0 saturated heterocycles. The molecule has 0 unspecified atom stereocenters. The highest BCUT2D eigenvalue weighted by Gasteiger charge is 2.36. The van der Waals surface area contributed by atoms with Gasteiger partial charge in [-0.05, 0) is 17.9 Å². The second-order valence-corrected chi connectivity index (χ2v) is 7.65. The van der Waals surface area contributed by atoms with E-state index < -0.39 is 0 Å². The minimum Gasteiger partial charge on any atom is -0.492 e. The largest absolute Gasteiger partial charge is 0.492 e. The van der Waals surface area contributed by atoms with Gasteiger partial charge in [-0.25, -0.2) is 0 Å². The van der Waals surface area contributed by atoms with Crippen LogP contribution in [-0.4, -0.2) is 31.3 Å². The Hall–Kier alpha value is -2.70. The molecule has 0 saturated carbocycles. The van der Waals surface area contributed by atoms with Gasteiger partial charge in [0.05, 0.1) is 28.1 Å². The van der Waals surface area contributed by atoms with Crippen LogP contribution in [0.1, 0.15) is 51.6 Å². The molecule has 6 heteroatoms. The molecule has 0 aliphatic heterocycles. The molecule has 0 bridgehead atoms. The molecule has 1 heterocycles. The average molecular weight is 394 g/mol. The molecular weight excluding hydrogens is 372 g/mol. The van der Waals surface area contributed by atoms with Gasteiger partial charge in [0, 0.05) is 29.6 Å². The number of hydrogen-bond donors (Lipinski definition) is 2. The lowest BCUT2D eigenvalue weighted by molar-refractivity contribution is 0.0976. The van der Waals surface area contributed by atoms with Crippen LogP contribution < -0.4 is 15.8 Å². The van der Waals surface area contributed by atoms with Crippen molar-refractivity contribution < 1.29 is 14.3 Å². The molecular formula is C22H22N2O3S. The highest BCUT2D eigenvalue weighted by atomic mass is 32.1. The van der Waals surface area contributed by atoms with E-state index in [0.29, 0.717) is 53.4 Å². The van der Waals surface area contributed by atoms with E-state index in [1.807, 2.05) is 11.4 Å². The fourth-order valence-electron chi connectivity index (χ4n) is 3.59. The predicted octanol–water partition coefficient (Wildman–Crippen LogP) is 4.23. The maximum Gasteiger partial charge on any atom is 0.198 e. The quantitative estimate of drug-likeness (QED) is 0.459. The maximum absolute atomic E-state index is 13.4. The highest BCUT2D eigenvalue weighted by Crippen LogP contribution is 2.46. The van der Waals surface area contributed by atoms with Crippen molar-refractivity contribution in [1.29, 1.82) is 0 Å². The second-order valence-electron chi connectivity index (χ2n) is 6.74. The molecule has 0 radical (unpaired) electrons. The molecule has 0 amide bonds. The Bertz CT molecular complexity index is 1070. The van der Waals surface area contributed by atoms with Gasteiger partial charge in [0.15, 0.2) is 11.6 Å². The number of ketones is 2. The standard InChI is InChI=1S/C22H22N2O3S/c1-2-3-11-27-21-15-8-12-28-22(15)18(24-10-9-23)16-17(21)20(26)14-7-5-4-6-13(14)19(16)25/h4-8,12,24H,2-3,9-11,23H2,1H3. The van der Waals surface area contributed by atoms with E-state index in [1.54, 1.807) is 24.3 Å². The fourth-order valence-corrected chi connectivity index (χ4v) is 4.51. The van der Waals surface area contributed by atoms with Gasteiger partial charge in [0.2, 0.25) is 0 Å². The van der Waals surface area contributed by atoms with Crippen LogP contribution in [-0.2, 0) is 0 Å². The molecule has 4 rings (SSSR count). The zero-order valence-electron chi connectivity index (χ0n) is 15.7. The number of nitrogens with one attached hydrogen (secondary N) is 1. The van der Waals surface area contributed by atoms with Crippen molar-refractivity contribution in [3.8, 4) is 5.75 Å². The Morgan fingerprint density at radius 1 is 1.07 bits per heavy atom. The van der Waals surface area contributed by atoms with Gasteiger partial charge in [-0.2, -0.15) is 0 Å². The third-order valence-corrected chi connectivity index (χ3v) is 5.86. The van der Waals surface area contributed by atoms with Crippen LogP contribution in [0.2, 0.25) is 0 Å². The van der Waals surface area contributed by atoms with Crippen LogP contribution in [0.3, 0.4) is 0 Å². The van der Waals surface area contributed by atoms with Gasteiger partial charge in [0.25, 0.3) is 0 Å². The van der Waals surface area contributed by atoms with Crippen LogP contribution in [0.25, 0.3) is 10.1 Å². The molecule has 3 N–H and O–H groups in total. The summed E-state index contributed by atoms with van der Waals surface area (Å²) in [6.07, 6.45) is 1.87. The number of rotatable bonds is 7. The molecule has 0 atom stereocenters. The number of fused-ring (bicyclic) bond motifs is 3. The summed E-state index contributed by atoms with van der Waals surface area (Å²) >= 11 is 1.53. The minimum atomic E-state index is -0.166. The van der Waals surface area contributed by atoms with Crippen molar-refractivity contribution in [2.75, 3.05) is 25.0 Å². The lowest BCUT2D eigenvalue weighted by Gasteiger charge is -2.24. The van der Waals surface area contributed by atoms with Gasteiger partial charge in [-0.3, -0.25) is 9.59 Å². The lowest BCUT2D eigenvalue weighted by atomic mass is 9.82. The van der Waals surface area contributed by atoms with Crippen molar-refractivity contribution in [2.24, 2.45) is 5.73 Å². The van der Waals surface area contributed by atoms with E-state index in [4.69, 9.17) is 10.5 Å². The van der Waals surface area contributed by atoms with Gasteiger partial charge in [-0.1, -0.05) is 37.6 Å². The number of ether oxygens (including phenoxy) is 1. The van der Waals surface area contributed by atoms with Gasteiger partial charge < -0.3 is 15.8 Å². The van der Waals surface area contributed by atoms with Crippen molar-refractivity contribution in [2.45, 2.75) is 19.8 Å². The molecule has 1 aliphatic carbocycles. The van der Waals surface area contributed by atoms with Crippen LogP contribution in [0.5, 0.6) is 5.75 Å². The zero-order chi connectivity index (χ0) is 19.7. The third-order valence-electron chi connectivity index (χ3n) is 4.92. The third kappa shape index (κ3) is 2.89. The number of unbranched alkanes of at least 4 members (excludes halogenated alkanes) is 1. The van der Waals surface area contributed by atoms with Crippen molar-refractivity contribution in [3.05, 3.63) is 58.0 Å². The van der Waals surface area contributed by atoms with Crippen molar-refractivity contribution in [3.63, 3.8) is 0 Å². The first kappa shape index (κ1) is 18.7. The number of anilines is 1. The van der Waals surface area contributed by atoms with E-state index in [-0.39, 0.29) is 11.6 Å². The number of thiophene rings is 1. The maximum atomic E-state index is 13.4. The van der Waals surface area contributed by atoms with Gasteiger partial charge >= 0.3 is 0 Å². The van der Waals surface area contributed by atoms with Crippen LogP contribution in [0.4, 0.5) is 5.69 Å². The second kappa shape index (κ2) is 7.73. The molecule has 1 aliphatic rings. The Kier molecular flexibility index (Phi) is 5.15. The van der Waals surface area contributed by atoms with E-state index in [9.17, 15) is 9.59 Å². The summed E-state index contributed by atoms with van der Waals surface area (Å²) in [5.74, 6) is 0.201. The molecule has 0 fully saturated rings. The number of carbonyl (C=O) groups is 2. The zero-order valence-corrected chi connectivity index (χ0v) is 16.5. The van der Waals surface area contributed by atoms with Crippen molar-refractivity contribution in [1.82, 2.24) is 0 Å². The summed E-state index contributed by atoms with van der Waals surface area (Å²) in [7, 11) is 0. The van der Waals surface area contributed by atoms with E-state index in [2.05, 4.69) is 12.2 Å². The van der Waals surface area contributed by atoms with Crippen molar-refractivity contribution >= 4 is 38.7 Å². The molecule has 0 spiro atoms. The van der Waals surface area contributed by atoms with Crippen LogP contribution in [0.15, 0.2) is 35.7 Å². The SMILES string of the molecule is CCCCOc1c2c(c(NCCN)c3sccc13)C(=O)c1ccccc1C2=O. The number of carbonyl (C=O) groups excluding carboxylic acids is 2. The fraction of sp³-hybridized carbons (Fsp3) is 0.273. The Morgan fingerprint density at radius 2 is 1.79 bits per heavy atom. The summed E-state index contributed by atoms with van der Waals surface area (Å²) in [5, 5.41) is 6.10. The topological polar surface area (TPSA) is 81.4 Å². The van der Waals surface area contributed by atoms with E-state index in [1.165, 1.54) is 11.3 Å². The monoisotopic (exact) mass is 394 g/mol. The first-order valence-corrected chi connectivity index (χ1v) is 10.4. The molecule has 5 nitrogen and oxygen atoms in total. The summed E-state index contributed by atoms with van der Waals surface area (Å²) in [5.41, 5.74) is 8.00. The van der Waals surface area contributed by atoms with Gasteiger partial charge in [0.1, 0.15) is 5.75 Å². The Labute approximate surface area is 167 Å². The molecule has 28 heavy (non-hydrogen) atoms. The smallest absolute Gasteiger partial charge is 0.198 e.